The number of benzene rings is 4. The van der Waals surface area contributed by atoms with Crippen LogP contribution in [0.1, 0.15) is 30.4 Å². The van der Waals surface area contributed by atoms with Crippen LogP contribution in [0.4, 0.5) is 11.4 Å². The molecule has 2 aromatic heterocycles. The van der Waals surface area contributed by atoms with Gasteiger partial charge in [-0.15, -0.1) is 0 Å². The van der Waals surface area contributed by atoms with Gasteiger partial charge in [-0.3, -0.25) is 9.67 Å². The van der Waals surface area contributed by atoms with Crippen molar-refractivity contribution in [3.05, 3.63) is 115 Å². The summed E-state index contributed by atoms with van der Waals surface area (Å²) in [6.45, 7) is 0.817. The van der Waals surface area contributed by atoms with Gasteiger partial charge in [-0.05, 0) is 103 Å². The number of fused-ring (bicyclic) bond motifs is 1. The highest BCUT2D eigenvalue weighted by Crippen LogP contribution is 2.42. The molecule has 0 bridgehead atoms. The Morgan fingerprint density at radius 2 is 1.31 bits per heavy atom. The lowest BCUT2D eigenvalue weighted by molar-refractivity contribution is 0.182. The van der Waals surface area contributed by atoms with Crippen molar-refractivity contribution in [2.24, 2.45) is 24.8 Å². The van der Waals surface area contributed by atoms with E-state index in [2.05, 4.69) is 88.9 Å². The van der Waals surface area contributed by atoms with Crippen molar-refractivity contribution in [1.29, 1.82) is 0 Å². The fourth-order valence-electron chi connectivity index (χ4n) is 7.66. The Kier molecular flexibility index (Phi) is 10.6. The topological polar surface area (TPSA) is 83.8 Å². The number of rotatable bonds is 13. The van der Waals surface area contributed by atoms with E-state index in [0.717, 1.165) is 88.9 Å². The van der Waals surface area contributed by atoms with Crippen molar-refractivity contribution >= 4 is 22.4 Å². The standard InChI is InChI=1S/C43H47N5O4/c1-47-27-34(25-45-47)43-26-44-41-17-12-35(23-42(41)46-43)48(36-21-39(51-4)24-40(22-36)52-5)28-33-20-31(18-29-7-13-37(49-2)14-8-29)6-11-32(33)19-30-9-15-38(50-3)16-10-30/h7-10,12-17,21-27,31-33H,6,11,18-20,28H2,1-5H3. The minimum atomic E-state index is 0.403. The van der Waals surface area contributed by atoms with E-state index in [1.807, 2.05) is 31.7 Å². The number of aryl methyl sites for hydroxylation is 1. The van der Waals surface area contributed by atoms with Crippen LogP contribution in [0.3, 0.4) is 0 Å². The van der Waals surface area contributed by atoms with E-state index in [4.69, 9.17) is 28.9 Å². The summed E-state index contributed by atoms with van der Waals surface area (Å²) in [5.74, 6) is 4.73. The molecular formula is C43H47N5O4. The maximum Gasteiger partial charge on any atom is 0.124 e. The summed E-state index contributed by atoms with van der Waals surface area (Å²) in [5.41, 5.74) is 8.13. The Balaban J connectivity index is 1.26. The molecule has 268 valence electrons. The van der Waals surface area contributed by atoms with Crippen molar-refractivity contribution in [1.82, 2.24) is 19.7 Å². The second-order valence-electron chi connectivity index (χ2n) is 13.8. The van der Waals surface area contributed by atoms with Gasteiger partial charge in [0.05, 0.1) is 57.6 Å². The predicted octanol–water partition coefficient (Wildman–Crippen LogP) is 8.72. The van der Waals surface area contributed by atoms with Crippen molar-refractivity contribution < 1.29 is 18.9 Å². The molecule has 1 fully saturated rings. The third kappa shape index (κ3) is 7.99. The Hall–Kier alpha value is -5.57. The van der Waals surface area contributed by atoms with Gasteiger partial charge in [0.1, 0.15) is 23.0 Å². The minimum Gasteiger partial charge on any atom is -0.497 e. The van der Waals surface area contributed by atoms with Crippen LogP contribution < -0.4 is 23.8 Å². The third-order valence-electron chi connectivity index (χ3n) is 10.5. The highest BCUT2D eigenvalue weighted by Gasteiger charge is 2.33. The van der Waals surface area contributed by atoms with Crippen LogP contribution in [-0.2, 0) is 19.9 Å². The van der Waals surface area contributed by atoms with Crippen LogP contribution in [0.15, 0.2) is 104 Å². The van der Waals surface area contributed by atoms with Crippen LogP contribution in [0.2, 0.25) is 0 Å². The molecule has 3 unspecified atom stereocenters. The lowest BCUT2D eigenvalue weighted by Gasteiger charge is -2.40. The summed E-state index contributed by atoms with van der Waals surface area (Å²) >= 11 is 0. The predicted molar refractivity (Wildman–Crippen MR) is 206 cm³/mol. The molecule has 1 saturated carbocycles. The molecule has 0 spiro atoms. The Labute approximate surface area is 306 Å². The molecule has 52 heavy (non-hydrogen) atoms. The van der Waals surface area contributed by atoms with Crippen molar-refractivity contribution in [2.45, 2.75) is 32.1 Å². The first-order chi connectivity index (χ1) is 25.4. The van der Waals surface area contributed by atoms with Crippen LogP contribution in [0, 0.1) is 17.8 Å². The van der Waals surface area contributed by atoms with Crippen LogP contribution in [0.5, 0.6) is 23.0 Å². The average Bonchev–Trinajstić information content (AvgIpc) is 3.63. The second-order valence-corrected chi connectivity index (χ2v) is 13.8. The van der Waals surface area contributed by atoms with E-state index < -0.39 is 0 Å². The SMILES string of the molecule is COc1ccc(CC2CCC(Cc3ccc(OC)cc3)C(CN(c3cc(OC)cc(OC)c3)c3ccc4ncc(-c5cnn(C)c5)nc4c3)C2)cc1. The third-order valence-corrected chi connectivity index (χ3v) is 10.5. The van der Waals surface area contributed by atoms with Gasteiger partial charge in [0.25, 0.3) is 0 Å². The van der Waals surface area contributed by atoms with Crippen LogP contribution in [-0.4, -0.2) is 54.7 Å². The normalized spacial score (nSPS) is 17.1. The van der Waals surface area contributed by atoms with Gasteiger partial charge >= 0.3 is 0 Å². The first kappa shape index (κ1) is 34.9. The monoisotopic (exact) mass is 697 g/mol. The molecule has 6 aromatic rings. The van der Waals surface area contributed by atoms with E-state index in [0.29, 0.717) is 17.8 Å². The molecule has 9 heteroatoms. The van der Waals surface area contributed by atoms with Crippen molar-refractivity contribution in [2.75, 3.05) is 39.9 Å². The van der Waals surface area contributed by atoms with Gasteiger partial charge in [0.15, 0.2) is 0 Å². The van der Waals surface area contributed by atoms with E-state index in [1.165, 1.54) is 17.5 Å². The summed E-state index contributed by atoms with van der Waals surface area (Å²) < 4.78 is 24.2. The molecule has 1 aliphatic carbocycles. The number of anilines is 2. The van der Waals surface area contributed by atoms with Gasteiger partial charge in [0.2, 0.25) is 0 Å². The number of hydrogen-bond donors (Lipinski definition) is 0. The maximum atomic E-state index is 5.77. The van der Waals surface area contributed by atoms with Gasteiger partial charge in [0, 0.05) is 54.9 Å². The first-order valence-corrected chi connectivity index (χ1v) is 17.9. The molecule has 0 radical (unpaired) electrons. The van der Waals surface area contributed by atoms with Gasteiger partial charge < -0.3 is 23.8 Å². The lowest BCUT2D eigenvalue weighted by Crippen LogP contribution is -2.36. The van der Waals surface area contributed by atoms with Gasteiger partial charge in [-0.1, -0.05) is 24.3 Å². The summed E-state index contributed by atoms with van der Waals surface area (Å²) in [7, 11) is 8.74. The minimum absolute atomic E-state index is 0.403. The number of ether oxygens (including phenoxy) is 4. The number of nitrogens with zero attached hydrogens (tertiary/aromatic N) is 5. The van der Waals surface area contributed by atoms with E-state index in [1.54, 1.807) is 33.1 Å². The molecule has 0 saturated heterocycles. The van der Waals surface area contributed by atoms with Gasteiger partial charge in [-0.2, -0.15) is 5.10 Å². The zero-order valence-corrected chi connectivity index (χ0v) is 30.7. The zero-order valence-electron chi connectivity index (χ0n) is 30.7. The van der Waals surface area contributed by atoms with Crippen molar-refractivity contribution in [3.63, 3.8) is 0 Å². The van der Waals surface area contributed by atoms with Crippen LogP contribution in [0.25, 0.3) is 22.3 Å². The number of aromatic nitrogens is 4. The maximum absolute atomic E-state index is 5.77. The summed E-state index contributed by atoms with van der Waals surface area (Å²) in [5, 5.41) is 4.35. The lowest BCUT2D eigenvalue weighted by atomic mass is 9.70. The van der Waals surface area contributed by atoms with E-state index in [9.17, 15) is 0 Å². The smallest absolute Gasteiger partial charge is 0.124 e. The Morgan fingerprint density at radius 1 is 0.654 bits per heavy atom. The molecule has 9 nitrogen and oxygen atoms in total. The molecule has 4 aromatic carbocycles. The molecular weight excluding hydrogens is 651 g/mol. The summed E-state index contributed by atoms with van der Waals surface area (Å²) in [4.78, 5) is 12.2. The first-order valence-electron chi connectivity index (χ1n) is 17.9. The second kappa shape index (κ2) is 15.8. The molecule has 0 aliphatic heterocycles. The molecule has 0 N–H and O–H groups in total. The molecule has 0 amide bonds. The number of methoxy groups -OCH3 is 4. The quantitative estimate of drug-likeness (QED) is 0.119. The zero-order chi connectivity index (χ0) is 36.0. The Morgan fingerprint density at radius 3 is 1.92 bits per heavy atom. The highest BCUT2D eigenvalue weighted by atomic mass is 16.5. The fraction of sp³-hybridized carbons (Fsp3) is 0.326. The number of hydrogen-bond acceptors (Lipinski definition) is 8. The highest BCUT2D eigenvalue weighted by molar-refractivity contribution is 5.82. The average molecular weight is 698 g/mol. The summed E-state index contributed by atoms with van der Waals surface area (Å²) in [6, 6.07) is 29.6. The fourth-order valence-corrected chi connectivity index (χ4v) is 7.66. The largest absolute Gasteiger partial charge is 0.497 e. The van der Waals surface area contributed by atoms with Gasteiger partial charge in [-0.25, -0.2) is 4.98 Å². The molecule has 7 rings (SSSR count). The molecule has 2 heterocycles. The Bertz CT molecular complexity index is 2070. The summed E-state index contributed by atoms with van der Waals surface area (Å²) in [6.07, 6.45) is 11.1. The molecule has 3 atom stereocenters. The van der Waals surface area contributed by atoms with E-state index >= 15 is 0 Å². The molecule has 1 aliphatic rings. The van der Waals surface area contributed by atoms with Crippen molar-refractivity contribution in [3.8, 4) is 34.3 Å². The van der Waals surface area contributed by atoms with E-state index in [-0.39, 0.29) is 0 Å². The van der Waals surface area contributed by atoms with Crippen LogP contribution >= 0.6 is 0 Å².